The Kier molecular flexibility index (Phi) is 5.01. The van der Waals surface area contributed by atoms with Gasteiger partial charge in [-0.2, -0.15) is 18.3 Å². The van der Waals surface area contributed by atoms with Gasteiger partial charge in [-0.3, -0.25) is 4.79 Å². The molecule has 2 heterocycles. The molecule has 4 rings (SSSR count). The van der Waals surface area contributed by atoms with E-state index in [9.17, 15) is 18.0 Å². The van der Waals surface area contributed by atoms with Crippen LogP contribution in [0.5, 0.6) is 0 Å². The lowest BCUT2D eigenvalue weighted by atomic mass is 10.1. The first-order valence-electron chi connectivity index (χ1n) is 9.12. The molecule has 0 radical (unpaired) electrons. The van der Waals surface area contributed by atoms with Crippen molar-refractivity contribution in [2.45, 2.75) is 20.0 Å². The molecule has 0 spiro atoms. The molecular formula is C20H16F3N7O. The van der Waals surface area contributed by atoms with Crippen LogP contribution in [0.2, 0.25) is 0 Å². The molecule has 0 fully saturated rings. The highest BCUT2D eigenvalue weighted by molar-refractivity contribution is 6.05. The van der Waals surface area contributed by atoms with Gasteiger partial charge in [0, 0.05) is 5.69 Å². The number of amides is 1. The summed E-state index contributed by atoms with van der Waals surface area (Å²) in [4.78, 5) is 12.7. The van der Waals surface area contributed by atoms with Crippen LogP contribution in [-0.2, 0) is 6.18 Å². The molecule has 0 unspecified atom stereocenters. The molecule has 11 heteroatoms. The van der Waals surface area contributed by atoms with E-state index >= 15 is 0 Å². The summed E-state index contributed by atoms with van der Waals surface area (Å²) in [5, 5.41) is 17.3. The molecule has 4 aromatic rings. The zero-order valence-electron chi connectivity index (χ0n) is 16.4. The van der Waals surface area contributed by atoms with E-state index < -0.39 is 23.3 Å². The first-order chi connectivity index (χ1) is 14.8. The lowest BCUT2D eigenvalue weighted by Crippen LogP contribution is -2.21. The Hall–Kier alpha value is -4.02. The van der Waals surface area contributed by atoms with Crippen molar-refractivity contribution in [1.29, 1.82) is 0 Å². The number of tetrazole rings is 1. The van der Waals surface area contributed by atoms with Crippen molar-refractivity contribution in [3.63, 3.8) is 0 Å². The number of hydrogen-bond donors (Lipinski definition) is 1. The second-order valence-electron chi connectivity index (χ2n) is 6.81. The van der Waals surface area contributed by atoms with Crippen molar-refractivity contribution >= 4 is 11.6 Å². The first kappa shape index (κ1) is 20.3. The molecule has 0 saturated heterocycles. The fourth-order valence-electron chi connectivity index (χ4n) is 3.23. The van der Waals surface area contributed by atoms with Crippen molar-refractivity contribution in [1.82, 2.24) is 30.0 Å². The predicted molar refractivity (Wildman–Crippen MR) is 105 cm³/mol. The van der Waals surface area contributed by atoms with Gasteiger partial charge in [0.25, 0.3) is 5.91 Å². The SMILES string of the molecule is Cc1cc(NC(=O)c2cnn(-c3ccccc3C)c2C(F)(F)F)ccc1-n1cnnn1. The van der Waals surface area contributed by atoms with Crippen molar-refractivity contribution in [2.24, 2.45) is 0 Å². The molecule has 2 aromatic heterocycles. The number of benzene rings is 2. The number of nitrogens with zero attached hydrogens (tertiary/aromatic N) is 6. The summed E-state index contributed by atoms with van der Waals surface area (Å²) in [5.74, 6) is -0.915. The van der Waals surface area contributed by atoms with Gasteiger partial charge in [-0.05, 0) is 59.7 Å². The van der Waals surface area contributed by atoms with E-state index in [1.165, 1.54) is 17.1 Å². The Morgan fingerprint density at radius 1 is 1.03 bits per heavy atom. The summed E-state index contributed by atoms with van der Waals surface area (Å²) >= 11 is 0. The van der Waals surface area contributed by atoms with E-state index in [1.54, 1.807) is 50.2 Å². The molecule has 0 saturated carbocycles. The van der Waals surface area contributed by atoms with Crippen molar-refractivity contribution < 1.29 is 18.0 Å². The summed E-state index contributed by atoms with van der Waals surface area (Å²) in [6.07, 6.45) is -2.45. The normalized spacial score (nSPS) is 11.5. The summed E-state index contributed by atoms with van der Waals surface area (Å²) in [5.41, 5.74) is 0.853. The van der Waals surface area contributed by atoms with Crippen molar-refractivity contribution in [3.8, 4) is 11.4 Å². The quantitative estimate of drug-likeness (QED) is 0.536. The summed E-state index contributed by atoms with van der Waals surface area (Å²) < 4.78 is 43.8. The molecule has 0 bridgehead atoms. The summed E-state index contributed by atoms with van der Waals surface area (Å²) in [7, 11) is 0. The second-order valence-corrected chi connectivity index (χ2v) is 6.81. The van der Waals surface area contributed by atoms with Crippen LogP contribution in [0.15, 0.2) is 55.0 Å². The Balaban J connectivity index is 1.68. The van der Waals surface area contributed by atoms with Gasteiger partial charge < -0.3 is 5.32 Å². The van der Waals surface area contributed by atoms with Crippen LogP contribution in [0.25, 0.3) is 11.4 Å². The molecule has 0 aliphatic rings. The van der Waals surface area contributed by atoms with Crippen LogP contribution >= 0.6 is 0 Å². The third-order valence-electron chi connectivity index (χ3n) is 4.68. The molecule has 1 N–H and O–H groups in total. The van der Waals surface area contributed by atoms with Crippen LogP contribution < -0.4 is 5.32 Å². The highest BCUT2D eigenvalue weighted by atomic mass is 19.4. The number of anilines is 1. The minimum absolute atomic E-state index is 0.246. The van der Waals surface area contributed by atoms with E-state index in [4.69, 9.17) is 0 Å². The third-order valence-corrected chi connectivity index (χ3v) is 4.68. The number of aromatic nitrogens is 6. The van der Waals surface area contributed by atoms with Gasteiger partial charge in [0.05, 0.1) is 23.1 Å². The number of para-hydroxylation sites is 1. The standard InChI is InChI=1S/C20H16F3N7O/c1-12-5-3-4-6-17(12)30-18(20(21,22)23)15(10-25-30)19(31)26-14-7-8-16(13(2)9-14)29-11-24-27-28-29/h3-11H,1-2H3,(H,26,31). The molecule has 1 amide bonds. The molecule has 31 heavy (non-hydrogen) atoms. The fraction of sp³-hybridized carbons (Fsp3) is 0.150. The number of nitrogens with one attached hydrogen (secondary N) is 1. The average Bonchev–Trinajstić information content (AvgIpc) is 3.38. The number of carbonyl (C=O) groups is 1. The number of rotatable bonds is 4. The molecular weight excluding hydrogens is 411 g/mol. The summed E-state index contributed by atoms with van der Waals surface area (Å²) in [6, 6.07) is 11.3. The number of halogens is 3. The van der Waals surface area contributed by atoms with E-state index in [0.29, 0.717) is 16.9 Å². The van der Waals surface area contributed by atoms with Gasteiger partial charge in [-0.1, -0.05) is 18.2 Å². The van der Waals surface area contributed by atoms with Gasteiger partial charge in [0.1, 0.15) is 6.33 Å². The molecule has 0 atom stereocenters. The zero-order chi connectivity index (χ0) is 22.2. The molecule has 0 aliphatic carbocycles. The first-order valence-corrected chi connectivity index (χ1v) is 9.12. The van der Waals surface area contributed by atoms with Crippen molar-refractivity contribution in [2.75, 3.05) is 5.32 Å². The maximum atomic E-state index is 13.9. The van der Waals surface area contributed by atoms with Crippen LogP contribution in [-0.4, -0.2) is 35.9 Å². The van der Waals surface area contributed by atoms with Gasteiger partial charge in [-0.15, -0.1) is 5.10 Å². The molecule has 8 nitrogen and oxygen atoms in total. The molecule has 2 aromatic carbocycles. The van der Waals surface area contributed by atoms with Gasteiger partial charge in [0.2, 0.25) is 0 Å². The Labute approximate surface area is 174 Å². The third kappa shape index (κ3) is 3.89. The summed E-state index contributed by atoms with van der Waals surface area (Å²) in [6.45, 7) is 3.44. The fourth-order valence-corrected chi connectivity index (χ4v) is 3.23. The van der Waals surface area contributed by atoms with Crippen LogP contribution in [0.3, 0.4) is 0 Å². The Bertz CT molecular complexity index is 1250. The van der Waals surface area contributed by atoms with E-state index in [1.807, 2.05) is 0 Å². The monoisotopic (exact) mass is 427 g/mol. The lowest BCUT2D eigenvalue weighted by Gasteiger charge is -2.14. The average molecular weight is 427 g/mol. The minimum atomic E-state index is -4.79. The van der Waals surface area contributed by atoms with E-state index in [2.05, 4.69) is 25.9 Å². The minimum Gasteiger partial charge on any atom is -0.322 e. The lowest BCUT2D eigenvalue weighted by molar-refractivity contribution is -0.143. The Morgan fingerprint density at radius 2 is 1.81 bits per heavy atom. The highest BCUT2D eigenvalue weighted by Crippen LogP contribution is 2.34. The van der Waals surface area contributed by atoms with Gasteiger partial charge >= 0.3 is 6.18 Å². The number of hydrogen-bond acceptors (Lipinski definition) is 5. The topological polar surface area (TPSA) is 90.5 Å². The number of alkyl halides is 3. The van der Waals surface area contributed by atoms with Gasteiger partial charge in [0.15, 0.2) is 5.69 Å². The highest BCUT2D eigenvalue weighted by Gasteiger charge is 2.40. The second kappa shape index (κ2) is 7.67. The molecule has 158 valence electrons. The van der Waals surface area contributed by atoms with Crippen LogP contribution in [0.4, 0.5) is 18.9 Å². The zero-order valence-corrected chi connectivity index (χ0v) is 16.4. The maximum Gasteiger partial charge on any atom is 0.434 e. The number of carbonyl (C=O) groups excluding carboxylic acids is 1. The van der Waals surface area contributed by atoms with Crippen molar-refractivity contribution in [3.05, 3.63) is 77.4 Å². The number of aryl methyl sites for hydroxylation is 2. The smallest absolute Gasteiger partial charge is 0.322 e. The predicted octanol–water partition coefficient (Wildman–Crippen LogP) is 3.74. The molecule has 0 aliphatic heterocycles. The van der Waals surface area contributed by atoms with E-state index in [0.717, 1.165) is 16.4 Å². The largest absolute Gasteiger partial charge is 0.434 e. The van der Waals surface area contributed by atoms with Crippen LogP contribution in [0.1, 0.15) is 27.2 Å². The van der Waals surface area contributed by atoms with Gasteiger partial charge in [-0.25, -0.2) is 9.36 Å². The Morgan fingerprint density at radius 3 is 2.45 bits per heavy atom. The van der Waals surface area contributed by atoms with E-state index in [-0.39, 0.29) is 5.69 Å². The maximum absolute atomic E-state index is 13.9. The van der Waals surface area contributed by atoms with Crippen LogP contribution in [0, 0.1) is 13.8 Å².